The summed E-state index contributed by atoms with van der Waals surface area (Å²) >= 11 is 0. The van der Waals surface area contributed by atoms with E-state index in [1.807, 2.05) is 36.4 Å². The largest absolute Gasteiger partial charge is 0.309 e. The lowest BCUT2D eigenvalue weighted by Gasteiger charge is -2.17. The standard InChI is InChI=1S/C69H45N5/c1-7-22-46(23-8-1)51-38-40-57-62(43-51)73(54-32-17-6-18-33-54)64-45-53(48-26-11-3-12-27-48)42-59(66(57)64)55-35-21-37-61-65(55)56-34-19-20-36-60(56)74(61)63-44-52(47-24-9-2-10-25-47)39-41-58(63)69-71-67(49-28-13-4-14-29-49)70-68(72-69)50-30-15-5-16-31-50/h1-45H. The number of aromatic nitrogens is 5. The Hall–Kier alpha value is -9.97. The minimum Gasteiger partial charge on any atom is -0.309 e. The number of fused-ring (bicyclic) bond motifs is 6. The Morgan fingerprint density at radius 2 is 0.689 bits per heavy atom. The molecule has 0 saturated carbocycles. The van der Waals surface area contributed by atoms with E-state index in [0.717, 1.165) is 94.3 Å². The zero-order valence-electron chi connectivity index (χ0n) is 40.2. The number of hydrogen-bond acceptors (Lipinski definition) is 3. The lowest BCUT2D eigenvalue weighted by Crippen LogP contribution is -2.04. The van der Waals surface area contributed by atoms with Gasteiger partial charge in [-0.15, -0.1) is 0 Å². The Bertz CT molecular complexity index is 4320. The maximum absolute atomic E-state index is 5.31. The molecule has 0 aliphatic rings. The molecular formula is C69H45N5. The van der Waals surface area contributed by atoms with Gasteiger partial charge in [-0.2, -0.15) is 0 Å². The quantitative estimate of drug-likeness (QED) is 0.145. The van der Waals surface area contributed by atoms with Crippen molar-refractivity contribution in [2.45, 2.75) is 0 Å². The third kappa shape index (κ3) is 7.37. The highest BCUT2D eigenvalue weighted by molar-refractivity contribution is 6.23. The second kappa shape index (κ2) is 18.0. The monoisotopic (exact) mass is 943 g/mol. The summed E-state index contributed by atoms with van der Waals surface area (Å²) in [6.07, 6.45) is 0. The van der Waals surface area contributed by atoms with E-state index < -0.39 is 0 Å². The minimum absolute atomic E-state index is 0.593. The molecule has 0 fully saturated rings. The molecule has 74 heavy (non-hydrogen) atoms. The predicted octanol–water partition coefficient (Wildman–Crippen LogP) is 17.7. The molecule has 11 aromatic carbocycles. The average molecular weight is 944 g/mol. The van der Waals surface area contributed by atoms with Crippen LogP contribution < -0.4 is 0 Å². The average Bonchev–Trinajstić information content (AvgIpc) is 4.01. The number of para-hydroxylation sites is 2. The molecule has 5 heteroatoms. The molecule has 14 rings (SSSR count). The van der Waals surface area contributed by atoms with Crippen molar-refractivity contribution in [1.29, 1.82) is 0 Å². The molecule has 0 amide bonds. The fraction of sp³-hybridized carbons (Fsp3) is 0. The Morgan fingerprint density at radius 1 is 0.230 bits per heavy atom. The van der Waals surface area contributed by atoms with Gasteiger partial charge in [0.15, 0.2) is 17.5 Å². The van der Waals surface area contributed by atoms with Crippen LogP contribution >= 0.6 is 0 Å². The van der Waals surface area contributed by atoms with E-state index in [1.54, 1.807) is 0 Å². The second-order valence-corrected chi connectivity index (χ2v) is 18.7. The zero-order valence-corrected chi connectivity index (χ0v) is 40.2. The molecule has 3 heterocycles. The first-order valence-electron chi connectivity index (χ1n) is 25.1. The predicted molar refractivity (Wildman–Crippen MR) is 307 cm³/mol. The van der Waals surface area contributed by atoms with Crippen molar-refractivity contribution in [1.82, 2.24) is 24.1 Å². The summed E-state index contributed by atoms with van der Waals surface area (Å²) in [6, 6.07) is 97.4. The van der Waals surface area contributed by atoms with Crippen LogP contribution in [0.25, 0.3) is 134 Å². The van der Waals surface area contributed by atoms with Crippen LogP contribution in [0.2, 0.25) is 0 Å². The highest BCUT2D eigenvalue weighted by Gasteiger charge is 2.25. The zero-order chi connectivity index (χ0) is 49.0. The van der Waals surface area contributed by atoms with E-state index in [2.05, 4.69) is 246 Å². The smallest absolute Gasteiger partial charge is 0.166 e. The molecule has 0 N–H and O–H groups in total. The molecule has 0 spiro atoms. The summed E-state index contributed by atoms with van der Waals surface area (Å²) in [5.74, 6) is 1.82. The molecule has 0 unspecified atom stereocenters. The van der Waals surface area contributed by atoms with E-state index in [1.165, 1.54) is 21.9 Å². The van der Waals surface area contributed by atoms with Crippen LogP contribution in [0.5, 0.6) is 0 Å². The highest BCUT2D eigenvalue weighted by Crippen LogP contribution is 2.47. The van der Waals surface area contributed by atoms with E-state index in [9.17, 15) is 0 Å². The van der Waals surface area contributed by atoms with Crippen LogP contribution in [0.15, 0.2) is 273 Å². The summed E-state index contributed by atoms with van der Waals surface area (Å²) in [6.45, 7) is 0. The normalized spacial score (nSPS) is 11.5. The van der Waals surface area contributed by atoms with Crippen LogP contribution in [0.3, 0.4) is 0 Å². The Morgan fingerprint density at radius 3 is 1.31 bits per heavy atom. The van der Waals surface area contributed by atoms with E-state index >= 15 is 0 Å². The van der Waals surface area contributed by atoms with Crippen molar-refractivity contribution in [3.05, 3.63) is 273 Å². The van der Waals surface area contributed by atoms with Gasteiger partial charge in [-0.25, -0.2) is 15.0 Å². The van der Waals surface area contributed by atoms with Crippen LogP contribution in [0, 0.1) is 0 Å². The summed E-state index contributed by atoms with van der Waals surface area (Å²) in [5, 5.41) is 4.70. The molecule has 3 aromatic heterocycles. The molecular weight excluding hydrogens is 899 g/mol. The molecule has 0 bridgehead atoms. The summed E-state index contributed by atoms with van der Waals surface area (Å²) in [7, 11) is 0. The summed E-state index contributed by atoms with van der Waals surface area (Å²) in [5.41, 5.74) is 18.5. The number of benzene rings is 11. The van der Waals surface area contributed by atoms with Gasteiger partial charge in [0, 0.05) is 43.9 Å². The second-order valence-electron chi connectivity index (χ2n) is 18.7. The van der Waals surface area contributed by atoms with Gasteiger partial charge in [0.2, 0.25) is 0 Å². The third-order valence-corrected chi connectivity index (χ3v) is 14.4. The van der Waals surface area contributed by atoms with E-state index in [-0.39, 0.29) is 0 Å². The summed E-state index contributed by atoms with van der Waals surface area (Å²) < 4.78 is 4.89. The van der Waals surface area contributed by atoms with Gasteiger partial charge in [-0.1, -0.05) is 218 Å². The van der Waals surface area contributed by atoms with Gasteiger partial charge in [0.1, 0.15) is 0 Å². The van der Waals surface area contributed by atoms with Gasteiger partial charge in [0.05, 0.1) is 27.8 Å². The molecule has 0 aliphatic carbocycles. The molecule has 5 nitrogen and oxygen atoms in total. The van der Waals surface area contributed by atoms with Gasteiger partial charge in [-0.05, 0) is 99.1 Å². The van der Waals surface area contributed by atoms with Gasteiger partial charge in [0.25, 0.3) is 0 Å². The maximum Gasteiger partial charge on any atom is 0.166 e. The fourth-order valence-electron chi connectivity index (χ4n) is 11.0. The lowest BCUT2D eigenvalue weighted by atomic mass is 9.91. The van der Waals surface area contributed by atoms with Gasteiger partial charge >= 0.3 is 0 Å². The van der Waals surface area contributed by atoms with Crippen molar-refractivity contribution < 1.29 is 0 Å². The fourth-order valence-corrected chi connectivity index (χ4v) is 11.0. The van der Waals surface area contributed by atoms with E-state index in [0.29, 0.717) is 17.5 Å². The van der Waals surface area contributed by atoms with Crippen molar-refractivity contribution in [2.24, 2.45) is 0 Å². The van der Waals surface area contributed by atoms with E-state index in [4.69, 9.17) is 15.0 Å². The third-order valence-electron chi connectivity index (χ3n) is 14.4. The molecule has 14 aromatic rings. The van der Waals surface area contributed by atoms with Gasteiger partial charge in [-0.3, -0.25) is 0 Å². The molecule has 0 atom stereocenters. The number of hydrogen-bond donors (Lipinski definition) is 0. The number of nitrogens with zero attached hydrogens (tertiary/aromatic N) is 5. The van der Waals surface area contributed by atoms with Crippen LogP contribution in [0.4, 0.5) is 0 Å². The van der Waals surface area contributed by atoms with Crippen molar-refractivity contribution in [3.63, 3.8) is 0 Å². The molecule has 0 saturated heterocycles. The Labute approximate surface area is 428 Å². The molecule has 0 radical (unpaired) electrons. The topological polar surface area (TPSA) is 48.5 Å². The maximum atomic E-state index is 5.31. The summed E-state index contributed by atoms with van der Waals surface area (Å²) in [4.78, 5) is 15.7. The Kier molecular flexibility index (Phi) is 10.4. The first-order valence-corrected chi connectivity index (χ1v) is 25.1. The number of rotatable bonds is 9. The van der Waals surface area contributed by atoms with Crippen molar-refractivity contribution in [2.75, 3.05) is 0 Å². The van der Waals surface area contributed by atoms with Crippen molar-refractivity contribution in [3.8, 4) is 90.0 Å². The molecule has 346 valence electrons. The minimum atomic E-state index is 0.593. The first kappa shape index (κ1) is 42.9. The van der Waals surface area contributed by atoms with Crippen LogP contribution in [-0.4, -0.2) is 24.1 Å². The van der Waals surface area contributed by atoms with Crippen LogP contribution in [0.1, 0.15) is 0 Å². The lowest BCUT2D eigenvalue weighted by molar-refractivity contribution is 1.06. The van der Waals surface area contributed by atoms with Gasteiger partial charge < -0.3 is 9.13 Å². The Balaban J connectivity index is 1.08. The van der Waals surface area contributed by atoms with Crippen LogP contribution in [-0.2, 0) is 0 Å². The SMILES string of the molecule is c1ccc(-c2ccc(-c3nc(-c4ccccc4)nc(-c4ccccc4)n3)c(-n3c4ccccc4c4c(-c5cc(-c6ccccc6)cc6c5c5ccc(-c7ccccc7)cc5n6-c5ccccc5)cccc43)c2)cc1. The van der Waals surface area contributed by atoms with Crippen molar-refractivity contribution >= 4 is 43.6 Å². The first-order chi connectivity index (χ1) is 36.7. The molecule has 0 aliphatic heterocycles. The highest BCUT2D eigenvalue weighted by atomic mass is 15.1.